The summed E-state index contributed by atoms with van der Waals surface area (Å²) in [4.78, 5) is 0. The van der Waals surface area contributed by atoms with Crippen LogP contribution in [0.3, 0.4) is 0 Å². The summed E-state index contributed by atoms with van der Waals surface area (Å²) in [6.45, 7) is 2.86. The first-order valence-corrected chi connectivity index (χ1v) is 5.50. The van der Waals surface area contributed by atoms with Crippen molar-refractivity contribution in [2.24, 2.45) is 16.8 Å². The highest BCUT2D eigenvalue weighted by molar-refractivity contribution is 5.83. The molecule has 0 saturated heterocycles. The van der Waals surface area contributed by atoms with E-state index in [1.54, 1.807) is 25.1 Å². The summed E-state index contributed by atoms with van der Waals surface area (Å²) in [5, 5.41) is 10.8. The highest BCUT2D eigenvalue weighted by Crippen LogP contribution is 2.28. The van der Waals surface area contributed by atoms with E-state index in [1.165, 1.54) is 0 Å². The Hall–Kier alpha value is -1.92. The van der Waals surface area contributed by atoms with Crippen LogP contribution in [0.5, 0.6) is 5.75 Å². The molecule has 0 fully saturated rings. The van der Waals surface area contributed by atoms with E-state index < -0.39 is 24.5 Å². The molecule has 7 heteroatoms. The summed E-state index contributed by atoms with van der Waals surface area (Å²) in [5.41, 5.74) is 6.73. The fourth-order valence-corrected chi connectivity index (χ4v) is 1.55. The molecular formula is C12H15F3N2O2. The normalized spacial score (nSPS) is 14.3. The van der Waals surface area contributed by atoms with Crippen LogP contribution in [-0.4, -0.2) is 23.8 Å². The number of halogens is 3. The molecule has 0 saturated carbocycles. The van der Waals surface area contributed by atoms with E-state index in [0.29, 0.717) is 5.75 Å². The summed E-state index contributed by atoms with van der Waals surface area (Å²) in [5.74, 6) is -2.72. The number of alkyl halides is 3. The van der Waals surface area contributed by atoms with Gasteiger partial charge in [-0.15, -0.1) is 0 Å². The maximum atomic E-state index is 12.7. The Morgan fingerprint density at radius 3 is 2.53 bits per heavy atom. The number of oxime groups is 1. The highest BCUT2D eigenvalue weighted by atomic mass is 19.4. The molecule has 19 heavy (non-hydrogen) atoms. The van der Waals surface area contributed by atoms with Crippen LogP contribution in [0.1, 0.15) is 11.1 Å². The van der Waals surface area contributed by atoms with E-state index in [-0.39, 0.29) is 0 Å². The Bertz CT molecular complexity index is 473. The first-order valence-electron chi connectivity index (χ1n) is 5.50. The average Bonchev–Trinajstić information content (AvgIpc) is 2.29. The minimum absolute atomic E-state index is 0.339. The van der Waals surface area contributed by atoms with Gasteiger partial charge in [0.25, 0.3) is 0 Å². The average molecular weight is 276 g/mol. The maximum Gasteiger partial charge on any atom is 0.402 e. The summed E-state index contributed by atoms with van der Waals surface area (Å²) in [6.07, 6.45) is -4.63. The molecule has 106 valence electrons. The first-order chi connectivity index (χ1) is 8.75. The zero-order valence-corrected chi connectivity index (χ0v) is 10.5. The van der Waals surface area contributed by atoms with E-state index in [0.717, 1.165) is 11.1 Å². The highest BCUT2D eigenvalue weighted by Gasteiger charge is 2.43. The lowest BCUT2D eigenvalue weighted by molar-refractivity contribution is -0.162. The molecule has 0 amide bonds. The molecule has 0 aliphatic rings. The quantitative estimate of drug-likeness (QED) is 0.384. The predicted octanol–water partition coefficient (Wildman–Crippen LogP) is 2.61. The molecule has 0 bridgehead atoms. The molecule has 1 aromatic rings. The van der Waals surface area contributed by atoms with Gasteiger partial charge in [-0.05, 0) is 25.5 Å². The summed E-state index contributed by atoms with van der Waals surface area (Å²) >= 11 is 0. The molecule has 1 unspecified atom stereocenters. The molecule has 0 aliphatic carbocycles. The number of benzene rings is 1. The molecule has 1 rings (SSSR count). The van der Waals surface area contributed by atoms with Gasteiger partial charge in [0.1, 0.15) is 18.3 Å². The van der Waals surface area contributed by atoms with Gasteiger partial charge in [-0.1, -0.05) is 22.9 Å². The summed E-state index contributed by atoms with van der Waals surface area (Å²) in [7, 11) is 0. The van der Waals surface area contributed by atoms with Crippen molar-refractivity contribution in [1.29, 1.82) is 0 Å². The zero-order chi connectivity index (χ0) is 14.6. The second kappa shape index (κ2) is 5.81. The Balaban J connectivity index is 2.82. The third kappa shape index (κ3) is 4.04. The molecule has 3 N–H and O–H groups in total. The van der Waals surface area contributed by atoms with E-state index in [4.69, 9.17) is 15.7 Å². The van der Waals surface area contributed by atoms with Crippen molar-refractivity contribution < 1.29 is 23.1 Å². The maximum absolute atomic E-state index is 12.7. The Morgan fingerprint density at radius 1 is 1.42 bits per heavy atom. The van der Waals surface area contributed by atoms with Crippen LogP contribution in [0, 0.1) is 19.8 Å². The number of amidine groups is 1. The van der Waals surface area contributed by atoms with Crippen LogP contribution < -0.4 is 10.5 Å². The fraction of sp³-hybridized carbons (Fsp3) is 0.417. The van der Waals surface area contributed by atoms with Crippen LogP contribution in [0.15, 0.2) is 23.4 Å². The van der Waals surface area contributed by atoms with Crippen LogP contribution >= 0.6 is 0 Å². The number of aryl methyl sites for hydroxylation is 2. The zero-order valence-electron chi connectivity index (χ0n) is 10.5. The van der Waals surface area contributed by atoms with Crippen molar-refractivity contribution in [2.45, 2.75) is 20.0 Å². The van der Waals surface area contributed by atoms with Crippen molar-refractivity contribution >= 4 is 5.84 Å². The van der Waals surface area contributed by atoms with Gasteiger partial charge in [0.15, 0.2) is 5.84 Å². The minimum atomic E-state index is -4.63. The molecule has 4 nitrogen and oxygen atoms in total. The molecular weight excluding hydrogens is 261 g/mol. The molecule has 1 atom stereocenters. The monoisotopic (exact) mass is 276 g/mol. The minimum Gasteiger partial charge on any atom is -0.492 e. The number of nitrogens with two attached hydrogens (primary N) is 1. The molecule has 0 heterocycles. The lowest BCUT2D eigenvalue weighted by Crippen LogP contribution is -2.40. The van der Waals surface area contributed by atoms with Gasteiger partial charge in [-0.2, -0.15) is 13.2 Å². The molecule has 0 radical (unpaired) electrons. The van der Waals surface area contributed by atoms with Crippen LogP contribution in [0.4, 0.5) is 13.2 Å². The second-order valence-corrected chi connectivity index (χ2v) is 4.20. The SMILES string of the molecule is Cc1ccc(OCC(/C(N)=N/O)C(F)(F)F)c(C)c1. The standard InChI is InChI=1S/C12H15F3N2O2/c1-7-3-4-10(8(2)5-7)19-6-9(11(16)17-18)12(13,14)15/h3-5,9,18H,6H2,1-2H3,(H2,16,17). The molecule has 1 aromatic carbocycles. The molecule has 0 aliphatic heterocycles. The number of ether oxygens (including phenoxy) is 1. The van der Waals surface area contributed by atoms with Crippen molar-refractivity contribution in [2.75, 3.05) is 6.61 Å². The van der Waals surface area contributed by atoms with Crippen LogP contribution in [0.25, 0.3) is 0 Å². The largest absolute Gasteiger partial charge is 0.492 e. The van der Waals surface area contributed by atoms with E-state index in [1.807, 2.05) is 6.92 Å². The van der Waals surface area contributed by atoms with E-state index in [9.17, 15) is 13.2 Å². The van der Waals surface area contributed by atoms with Crippen LogP contribution in [-0.2, 0) is 0 Å². The van der Waals surface area contributed by atoms with Crippen molar-refractivity contribution in [3.05, 3.63) is 29.3 Å². The number of hydrogen-bond donors (Lipinski definition) is 2. The molecule has 0 aromatic heterocycles. The van der Waals surface area contributed by atoms with Gasteiger partial charge in [-0.25, -0.2) is 0 Å². The Morgan fingerprint density at radius 2 is 2.05 bits per heavy atom. The van der Waals surface area contributed by atoms with Gasteiger partial charge in [0.05, 0.1) is 0 Å². The van der Waals surface area contributed by atoms with Crippen molar-refractivity contribution in [3.8, 4) is 5.75 Å². The smallest absolute Gasteiger partial charge is 0.402 e. The van der Waals surface area contributed by atoms with Crippen LogP contribution in [0.2, 0.25) is 0 Å². The second-order valence-electron chi connectivity index (χ2n) is 4.20. The molecule has 0 spiro atoms. The number of nitrogens with zero attached hydrogens (tertiary/aromatic N) is 1. The number of rotatable bonds is 4. The topological polar surface area (TPSA) is 67.8 Å². The Kier molecular flexibility index (Phi) is 4.63. The van der Waals surface area contributed by atoms with E-state index >= 15 is 0 Å². The number of hydrogen-bond acceptors (Lipinski definition) is 3. The van der Waals surface area contributed by atoms with Gasteiger partial charge >= 0.3 is 6.18 Å². The summed E-state index contributed by atoms with van der Waals surface area (Å²) in [6, 6.07) is 5.11. The first kappa shape index (κ1) is 15.1. The summed E-state index contributed by atoms with van der Waals surface area (Å²) < 4.78 is 43.1. The lowest BCUT2D eigenvalue weighted by atomic mass is 10.1. The lowest BCUT2D eigenvalue weighted by Gasteiger charge is -2.20. The van der Waals surface area contributed by atoms with Crippen molar-refractivity contribution in [1.82, 2.24) is 0 Å². The predicted molar refractivity (Wildman–Crippen MR) is 64.4 cm³/mol. The third-order valence-electron chi connectivity index (χ3n) is 2.60. The van der Waals surface area contributed by atoms with E-state index in [2.05, 4.69) is 5.16 Å². The van der Waals surface area contributed by atoms with Gasteiger partial charge in [0.2, 0.25) is 0 Å². The van der Waals surface area contributed by atoms with Crippen molar-refractivity contribution in [3.63, 3.8) is 0 Å². The van der Waals surface area contributed by atoms with Gasteiger partial charge < -0.3 is 15.7 Å². The Labute approximate surface area is 108 Å². The van der Waals surface area contributed by atoms with Gasteiger partial charge in [-0.3, -0.25) is 0 Å². The fourth-order valence-electron chi connectivity index (χ4n) is 1.55. The third-order valence-corrected chi connectivity index (χ3v) is 2.60. The van der Waals surface area contributed by atoms with Gasteiger partial charge in [0, 0.05) is 0 Å².